The Balaban J connectivity index is 1.73. The summed E-state index contributed by atoms with van der Waals surface area (Å²) in [6.07, 6.45) is 24.2. The first kappa shape index (κ1) is 23.9. The number of esters is 1. The standard InChI is InChI=1S/C23H44O2S/c1-3-4-5-6-7-8-9-10-11-12-13-15-18-21-22(26-21)19-16-14-17-20-23(24)25-2/h21-22H,3-20H2,1-2H3. The van der Waals surface area contributed by atoms with Crippen molar-refractivity contribution in [2.45, 2.75) is 133 Å². The topological polar surface area (TPSA) is 26.3 Å². The number of unbranched alkanes of at least 4 members (excludes halogenated alkanes) is 13. The summed E-state index contributed by atoms with van der Waals surface area (Å²) in [5.74, 6) is -0.0596. The molecule has 0 aromatic carbocycles. The first-order chi connectivity index (χ1) is 12.8. The Bertz CT molecular complexity index is 332. The maximum absolute atomic E-state index is 11.0. The maximum atomic E-state index is 11.0. The van der Waals surface area contributed by atoms with Crippen molar-refractivity contribution >= 4 is 17.7 Å². The van der Waals surface area contributed by atoms with Crippen molar-refractivity contribution < 1.29 is 9.53 Å². The molecule has 2 unspecified atom stereocenters. The second kappa shape index (κ2) is 17.0. The molecule has 1 aliphatic rings. The maximum Gasteiger partial charge on any atom is 0.305 e. The van der Waals surface area contributed by atoms with Gasteiger partial charge in [-0.3, -0.25) is 4.79 Å². The smallest absolute Gasteiger partial charge is 0.305 e. The highest BCUT2D eigenvalue weighted by Gasteiger charge is 2.36. The molecule has 1 fully saturated rings. The molecule has 1 rings (SSSR count). The molecule has 0 radical (unpaired) electrons. The molecule has 0 aromatic rings. The molecule has 2 atom stereocenters. The summed E-state index contributed by atoms with van der Waals surface area (Å²) in [7, 11) is 1.48. The van der Waals surface area contributed by atoms with E-state index < -0.39 is 0 Å². The van der Waals surface area contributed by atoms with E-state index in [0.29, 0.717) is 6.42 Å². The Hall–Kier alpha value is -0.180. The van der Waals surface area contributed by atoms with Crippen LogP contribution >= 0.6 is 11.8 Å². The van der Waals surface area contributed by atoms with E-state index in [1.165, 1.54) is 110 Å². The molecule has 1 heterocycles. The molecule has 3 heteroatoms. The number of hydrogen-bond donors (Lipinski definition) is 0. The van der Waals surface area contributed by atoms with Gasteiger partial charge >= 0.3 is 5.97 Å². The highest BCUT2D eigenvalue weighted by Crippen LogP contribution is 2.47. The number of carbonyl (C=O) groups excluding carboxylic acids is 1. The summed E-state index contributed by atoms with van der Waals surface area (Å²) in [6, 6.07) is 0. The molecular formula is C23H44O2S. The molecule has 1 aliphatic heterocycles. The van der Waals surface area contributed by atoms with Crippen molar-refractivity contribution in [2.75, 3.05) is 7.11 Å². The quantitative estimate of drug-likeness (QED) is 0.130. The van der Waals surface area contributed by atoms with Gasteiger partial charge in [-0.05, 0) is 19.3 Å². The fraction of sp³-hybridized carbons (Fsp3) is 0.957. The fourth-order valence-corrected chi connectivity index (χ4v) is 5.00. The molecule has 26 heavy (non-hydrogen) atoms. The van der Waals surface area contributed by atoms with Crippen LogP contribution < -0.4 is 0 Å². The molecule has 0 bridgehead atoms. The Kier molecular flexibility index (Phi) is 15.6. The van der Waals surface area contributed by atoms with Gasteiger partial charge in [-0.25, -0.2) is 0 Å². The van der Waals surface area contributed by atoms with Crippen LogP contribution in [0.3, 0.4) is 0 Å². The van der Waals surface area contributed by atoms with Gasteiger partial charge in [-0.1, -0.05) is 96.8 Å². The average molecular weight is 385 g/mol. The zero-order chi connectivity index (χ0) is 18.9. The van der Waals surface area contributed by atoms with Crippen molar-refractivity contribution in [3.05, 3.63) is 0 Å². The predicted molar refractivity (Wildman–Crippen MR) is 116 cm³/mol. The van der Waals surface area contributed by atoms with Crippen LogP contribution in [0.15, 0.2) is 0 Å². The minimum Gasteiger partial charge on any atom is -0.469 e. The van der Waals surface area contributed by atoms with Crippen molar-refractivity contribution in [3.63, 3.8) is 0 Å². The van der Waals surface area contributed by atoms with E-state index in [9.17, 15) is 4.79 Å². The Morgan fingerprint density at radius 1 is 0.692 bits per heavy atom. The average Bonchev–Trinajstić information content (AvgIpc) is 3.40. The van der Waals surface area contributed by atoms with Gasteiger partial charge in [0.2, 0.25) is 0 Å². The monoisotopic (exact) mass is 384 g/mol. The van der Waals surface area contributed by atoms with E-state index in [1.807, 2.05) is 0 Å². The van der Waals surface area contributed by atoms with Crippen molar-refractivity contribution in [3.8, 4) is 0 Å². The summed E-state index contributed by atoms with van der Waals surface area (Å²) in [5.41, 5.74) is 0. The van der Waals surface area contributed by atoms with Gasteiger partial charge in [0.25, 0.3) is 0 Å². The van der Waals surface area contributed by atoms with Crippen LogP contribution in [-0.4, -0.2) is 23.6 Å². The first-order valence-corrected chi connectivity index (χ1v) is 12.4. The predicted octanol–water partition coefficient (Wildman–Crippen LogP) is 7.69. The Morgan fingerprint density at radius 2 is 1.12 bits per heavy atom. The summed E-state index contributed by atoms with van der Waals surface area (Å²) in [6.45, 7) is 2.29. The van der Waals surface area contributed by atoms with E-state index >= 15 is 0 Å². The van der Waals surface area contributed by atoms with E-state index in [4.69, 9.17) is 0 Å². The third-order valence-corrected chi connectivity index (χ3v) is 7.14. The minimum absolute atomic E-state index is 0.0596. The van der Waals surface area contributed by atoms with Crippen LogP contribution in [0.25, 0.3) is 0 Å². The van der Waals surface area contributed by atoms with Crippen molar-refractivity contribution in [1.29, 1.82) is 0 Å². The third kappa shape index (κ3) is 13.9. The molecule has 154 valence electrons. The van der Waals surface area contributed by atoms with Crippen LogP contribution in [0.5, 0.6) is 0 Å². The van der Waals surface area contributed by atoms with Crippen LogP contribution in [0.4, 0.5) is 0 Å². The SMILES string of the molecule is CCCCCCCCCCCCCCC1SC1CCCCCC(=O)OC. The molecule has 0 saturated carbocycles. The highest BCUT2D eigenvalue weighted by molar-refractivity contribution is 8.07. The molecule has 0 N–H and O–H groups in total. The zero-order valence-electron chi connectivity index (χ0n) is 17.6. The van der Waals surface area contributed by atoms with Gasteiger partial charge in [0.1, 0.15) is 0 Å². The van der Waals surface area contributed by atoms with Crippen molar-refractivity contribution in [1.82, 2.24) is 0 Å². The zero-order valence-corrected chi connectivity index (χ0v) is 18.4. The second-order valence-corrected chi connectivity index (χ2v) is 9.55. The minimum atomic E-state index is -0.0596. The lowest BCUT2D eigenvalue weighted by molar-refractivity contribution is -0.140. The van der Waals surface area contributed by atoms with Crippen LogP contribution in [0.1, 0.15) is 122 Å². The van der Waals surface area contributed by atoms with E-state index in [0.717, 1.165) is 16.9 Å². The lowest BCUT2D eigenvalue weighted by Crippen LogP contribution is -1.99. The summed E-state index contributed by atoms with van der Waals surface area (Å²) >= 11 is 2.20. The Morgan fingerprint density at radius 3 is 1.58 bits per heavy atom. The number of rotatable bonds is 19. The highest BCUT2D eigenvalue weighted by atomic mass is 32.2. The van der Waals surface area contributed by atoms with Gasteiger partial charge in [-0.15, -0.1) is 0 Å². The number of ether oxygens (including phenoxy) is 1. The van der Waals surface area contributed by atoms with Crippen LogP contribution in [-0.2, 0) is 9.53 Å². The largest absolute Gasteiger partial charge is 0.469 e. The van der Waals surface area contributed by atoms with E-state index in [1.54, 1.807) is 0 Å². The lowest BCUT2D eigenvalue weighted by Gasteiger charge is -2.03. The van der Waals surface area contributed by atoms with E-state index in [2.05, 4.69) is 23.4 Å². The number of methoxy groups -OCH3 is 1. The van der Waals surface area contributed by atoms with Gasteiger partial charge < -0.3 is 4.74 Å². The number of hydrogen-bond acceptors (Lipinski definition) is 3. The fourth-order valence-electron chi connectivity index (χ4n) is 3.77. The number of carbonyl (C=O) groups is 1. The number of thioether (sulfide) groups is 1. The molecule has 0 spiro atoms. The van der Waals surface area contributed by atoms with Gasteiger partial charge in [0.05, 0.1) is 7.11 Å². The molecular weight excluding hydrogens is 340 g/mol. The summed E-state index contributed by atoms with van der Waals surface area (Å²) in [5, 5.41) is 1.89. The van der Waals surface area contributed by atoms with Gasteiger partial charge in [0.15, 0.2) is 0 Å². The molecule has 0 aromatic heterocycles. The lowest BCUT2D eigenvalue weighted by atomic mass is 10.0. The molecule has 2 nitrogen and oxygen atoms in total. The molecule has 0 aliphatic carbocycles. The van der Waals surface area contributed by atoms with Crippen LogP contribution in [0, 0.1) is 0 Å². The van der Waals surface area contributed by atoms with Gasteiger partial charge in [-0.2, -0.15) is 11.8 Å². The Labute approximate surface area is 167 Å². The normalized spacial score (nSPS) is 18.8. The third-order valence-electron chi connectivity index (χ3n) is 5.63. The van der Waals surface area contributed by atoms with Crippen molar-refractivity contribution in [2.24, 2.45) is 0 Å². The van der Waals surface area contributed by atoms with Gasteiger partial charge in [0, 0.05) is 16.9 Å². The summed E-state index contributed by atoms with van der Waals surface area (Å²) < 4.78 is 4.67. The summed E-state index contributed by atoms with van der Waals surface area (Å²) in [4.78, 5) is 11.0. The molecule has 1 saturated heterocycles. The van der Waals surface area contributed by atoms with Crippen LogP contribution in [0.2, 0.25) is 0 Å². The second-order valence-electron chi connectivity index (χ2n) is 8.07. The van der Waals surface area contributed by atoms with E-state index in [-0.39, 0.29) is 5.97 Å². The first-order valence-electron chi connectivity index (χ1n) is 11.5. The molecule has 0 amide bonds.